The standard InChI is InChI=1S/C21H15ClO5/c1-10-7-16-19(11(2)14(8-17(23)24)21(25)27-16)20-18(10)15(9-26-20)12-3-5-13(22)6-4-12/h3-7,9H,8H2,1-2H3,(H,23,24)/p-1. The molecule has 5 nitrogen and oxygen atoms in total. The molecule has 0 aliphatic heterocycles. The predicted octanol–water partition coefficient (Wildman–Crippen LogP) is 3.77. The summed E-state index contributed by atoms with van der Waals surface area (Å²) in [7, 11) is 0. The summed E-state index contributed by atoms with van der Waals surface area (Å²) in [6.07, 6.45) is 1.13. The third kappa shape index (κ3) is 2.80. The Bertz CT molecular complexity index is 1260. The molecule has 0 aliphatic rings. The van der Waals surface area contributed by atoms with E-state index in [-0.39, 0.29) is 5.56 Å². The molecule has 2 heterocycles. The van der Waals surface area contributed by atoms with E-state index in [0.29, 0.717) is 27.1 Å². The van der Waals surface area contributed by atoms with Crippen LogP contribution in [0.5, 0.6) is 0 Å². The van der Waals surface area contributed by atoms with Crippen LogP contribution in [0.4, 0.5) is 0 Å². The second-order valence-electron chi connectivity index (χ2n) is 6.47. The van der Waals surface area contributed by atoms with Crippen LogP contribution in [-0.4, -0.2) is 5.97 Å². The summed E-state index contributed by atoms with van der Waals surface area (Å²) in [5.41, 5.74) is 3.53. The molecule has 136 valence electrons. The molecule has 0 N–H and O–H groups in total. The minimum Gasteiger partial charge on any atom is -0.550 e. The summed E-state index contributed by atoms with van der Waals surface area (Å²) in [6.45, 7) is 3.60. The van der Waals surface area contributed by atoms with Gasteiger partial charge < -0.3 is 18.7 Å². The summed E-state index contributed by atoms with van der Waals surface area (Å²) in [6, 6.07) is 9.16. The van der Waals surface area contributed by atoms with E-state index in [0.717, 1.165) is 22.1 Å². The molecule has 27 heavy (non-hydrogen) atoms. The number of aryl methyl sites for hydroxylation is 2. The normalized spacial score (nSPS) is 11.4. The number of fused-ring (bicyclic) bond motifs is 3. The molecule has 6 heteroatoms. The van der Waals surface area contributed by atoms with E-state index >= 15 is 0 Å². The number of carboxylic acid groups (broad SMARTS) is 1. The van der Waals surface area contributed by atoms with Crippen molar-refractivity contribution in [3.8, 4) is 11.1 Å². The van der Waals surface area contributed by atoms with E-state index in [4.69, 9.17) is 20.4 Å². The van der Waals surface area contributed by atoms with Gasteiger partial charge in [-0.2, -0.15) is 0 Å². The molecule has 2 aromatic heterocycles. The number of carboxylic acids is 1. The van der Waals surface area contributed by atoms with Crippen LogP contribution < -0.4 is 10.7 Å². The lowest BCUT2D eigenvalue weighted by Gasteiger charge is -2.10. The van der Waals surface area contributed by atoms with E-state index in [1.54, 1.807) is 31.4 Å². The zero-order chi connectivity index (χ0) is 19.3. The highest BCUT2D eigenvalue weighted by Gasteiger charge is 2.20. The minimum absolute atomic E-state index is 0.0668. The first-order valence-corrected chi connectivity index (χ1v) is 8.67. The zero-order valence-corrected chi connectivity index (χ0v) is 15.3. The topological polar surface area (TPSA) is 83.5 Å². The minimum atomic E-state index is -1.34. The van der Waals surface area contributed by atoms with Gasteiger partial charge in [-0.3, -0.25) is 0 Å². The molecule has 4 aromatic rings. The van der Waals surface area contributed by atoms with Gasteiger partial charge >= 0.3 is 5.63 Å². The zero-order valence-electron chi connectivity index (χ0n) is 14.6. The molecule has 0 aliphatic carbocycles. The number of benzene rings is 2. The van der Waals surface area contributed by atoms with Crippen LogP contribution in [-0.2, 0) is 11.2 Å². The van der Waals surface area contributed by atoms with Crippen LogP contribution in [0.2, 0.25) is 5.02 Å². The second kappa shape index (κ2) is 6.28. The highest BCUT2D eigenvalue weighted by molar-refractivity contribution is 6.30. The van der Waals surface area contributed by atoms with Gasteiger partial charge in [-0.25, -0.2) is 4.79 Å². The molecule has 0 radical (unpaired) electrons. The summed E-state index contributed by atoms with van der Waals surface area (Å²) in [5.74, 6) is -1.34. The smallest absolute Gasteiger partial charge is 0.340 e. The van der Waals surface area contributed by atoms with Crippen LogP contribution in [0, 0.1) is 13.8 Å². The molecule has 0 unspecified atom stereocenters. The molecule has 0 atom stereocenters. The van der Waals surface area contributed by atoms with Crippen molar-refractivity contribution in [3.05, 3.63) is 68.7 Å². The summed E-state index contributed by atoms with van der Waals surface area (Å²) in [5, 5.41) is 13.1. The fraction of sp³-hybridized carbons (Fsp3) is 0.143. The molecule has 0 saturated heterocycles. The first-order chi connectivity index (χ1) is 12.9. The van der Waals surface area contributed by atoms with Gasteiger partial charge in [0, 0.05) is 33.9 Å². The van der Waals surface area contributed by atoms with Crippen molar-refractivity contribution in [1.82, 2.24) is 0 Å². The van der Waals surface area contributed by atoms with Crippen LogP contribution in [0.15, 0.2) is 50.2 Å². The number of furan rings is 1. The van der Waals surface area contributed by atoms with Crippen LogP contribution in [0.3, 0.4) is 0 Å². The Labute approximate surface area is 158 Å². The number of hydrogen-bond acceptors (Lipinski definition) is 5. The Morgan fingerprint density at radius 2 is 1.85 bits per heavy atom. The third-order valence-corrected chi connectivity index (χ3v) is 5.01. The molecule has 0 saturated carbocycles. The SMILES string of the molecule is Cc1cc2oc(=O)c(CC(=O)[O-])c(C)c2c2occ(-c3ccc(Cl)cc3)c12. The lowest BCUT2D eigenvalue weighted by molar-refractivity contribution is -0.304. The van der Waals surface area contributed by atoms with Crippen molar-refractivity contribution in [1.29, 1.82) is 0 Å². The van der Waals surface area contributed by atoms with Crippen LogP contribution in [0.1, 0.15) is 16.7 Å². The van der Waals surface area contributed by atoms with Gasteiger partial charge in [0.2, 0.25) is 0 Å². The maximum atomic E-state index is 12.2. The molecule has 0 spiro atoms. The molecule has 0 bridgehead atoms. The van der Waals surface area contributed by atoms with E-state index in [2.05, 4.69) is 0 Å². The Hall–Kier alpha value is -3.05. The van der Waals surface area contributed by atoms with Crippen molar-refractivity contribution < 1.29 is 18.7 Å². The van der Waals surface area contributed by atoms with Gasteiger partial charge in [0.1, 0.15) is 11.2 Å². The summed E-state index contributed by atoms with van der Waals surface area (Å²) < 4.78 is 11.2. The van der Waals surface area contributed by atoms with Crippen molar-refractivity contribution in [2.24, 2.45) is 0 Å². The number of carbonyl (C=O) groups excluding carboxylic acids is 1. The third-order valence-electron chi connectivity index (χ3n) is 4.76. The first-order valence-electron chi connectivity index (χ1n) is 8.29. The Balaban J connectivity index is 2.08. The number of hydrogen-bond donors (Lipinski definition) is 0. The number of rotatable bonds is 3. The Morgan fingerprint density at radius 3 is 2.52 bits per heavy atom. The molecular weight excluding hydrogens is 368 g/mol. The Morgan fingerprint density at radius 1 is 1.15 bits per heavy atom. The molecule has 0 amide bonds. The lowest BCUT2D eigenvalue weighted by atomic mass is 9.96. The second-order valence-corrected chi connectivity index (χ2v) is 6.91. The predicted molar refractivity (Wildman–Crippen MR) is 101 cm³/mol. The van der Waals surface area contributed by atoms with Crippen LogP contribution in [0.25, 0.3) is 33.1 Å². The average molecular weight is 382 g/mol. The van der Waals surface area contributed by atoms with Gasteiger partial charge in [0.25, 0.3) is 0 Å². The van der Waals surface area contributed by atoms with E-state index in [1.165, 1.54) is 0 Å². The highest BCUT2D eigenvalue weighted by Crippen LogP contribution is 2.39. The van der Waals surface area contributed by atoms with Crippen molar-refractivity contribution in [2.45, 2.75) is 20.3 Å². The van der Waals surface area contributed by atoms with Gasteiger partial charge in [0.15, 0.2) is 0 Å². The van der Waals surface area contributed by atoms with Crippen molar-refractivity contribution in [2.75, 3.05) is 0 Å². The maximum absolute atomic E-state index is 12.2. The van der Waals surface area contributed by atoms with Crippen molar-refractivity contribution >= 4 is 39.5 Å². The van der Waals surface area contributed by atoms with E-state index in [1.807, 2.05) is 19.1 Å². The summed E-state index contributed by atoms with van der Waals surface area (Å²) >= 11 is 5.98. The number of carbonyl (C=O) groups is 1. The lowest BCUT2D eigenvalue weighted by Crippen LogP contribution is -2.27. The highest BCUT2D eigenvalue weighted by atomic mass is 35.5. The first kappa shape index (κ1) is 17.4. The number of halogens is 1. The molecule has 2 aromatic carbocycles. The molecule has 0 fully saturated rings. The molecular formula is C21H14ClO5-. The largest absolute Gasteiger partial charge is 0.550 e. The average Bonchev–Trinajstić information content (AvgIpc) is 3.04. The van der Waals surface area contributed by atoms with Crippen molar-refractivity contribution in [3.63, 3.8) is 0 Å². The van der Waals surface area contributed by atoms with Crippen LogP contribution >= 0.6 is 11.6 Å². The van der Waals surface area contributed by atoms with E-state index < -0.39 is 18.0 Å². The number of aliphatic carboxylic acids is 1. The Kier molecular flexibility index (Phi) is 4.04. The van der Waals surface area contributed by atoms with E-state index in [9.17, 15) is 14.7 Å². The maximum Gasteiger partial charge on any atom is 0.340 e. The quantitative estimate of drug-likeness (QED) is 0.504. The van der Waals surface area contributed by atoms with Gasteiger partial charge in [-0.15, -0.1) is 0 Å². The van der Waals surface area contributed by atoms with Gasteiger partial charge in [0.05, 0.1) is 11.6 Å². The fourth-order valence-corrected chi connectivity index (χ4v) is 3.60. The van der Waals surface area contributed by atoms with Gasteiger partial charge in [-0.1, -0.05) is 23.7 Å². The monoisotopic (exact) mass is 381 g/mol. The molecule has 4 rings (SSSR count). The van der Waals surface area contributed by atoms with Gasteiger partial charge in [-0.05, 0) is 48.7 Å². The summed E-state index contributed by atoms with van der Waals surface area (Å²) in [4.78, 5) is 23.2. The fourth-order valence-electron chi connectivity index (χ4n) is 3.48.